The summed E-state index contributed by atoms with van der Waals surface area (Å²) in [5.74, 6) is 0.313. The van der Waals surface area contributed by atoms with Gasteiger partial charge in [0.05, 0.1) is 5.54 Å². The van der Waals surface area contributed by atoms with Crippen LogP contribution in [0.4, 0.5) is 0 Å². The van der Waals surface area contributed by atoms with Gasteiger partial charge in [0.1, 0.15) is 0 Å². The van der Waals surface area contributed by atoms with E-state index < -0.39 is 0 Å². The van der Waals surface area contributed by atoms with Crippen molar-refractivity contribution in [3.05, 3.63) is 34.3 Å². The molecule has 0 spiro atoms. The van der Waals surface area contributed by atoms with Crippen LogP contribution < -0.4 is 0 Å². The Balaban J connectivity index is 2.05. The lowest BCUT2D eigenvalue weighted by molar-refractivity contribution is -0.129. The van der Waals surface area contributed by atoms with Gasteiger partial charge in [0, 0.05) is 10.9 Å². The molecule has 1 aromatic rings. The van der Waals surface area contributed by atoms with Crippen LogP contribution in [0.5, 0.6) is 0 Å². The van der Waals surface area contributed by atoms with Crippen molar-refractivity contribution >= 4 is 21.7 Å². The fraction of sp³-hybridized carbons (Fsp3) is 0.562. The highest BCUT2D eigenvalue weighted by molar-refractivity contribution is 9.10. The molecule has 0 amide bonds. The molecule has 0 N–H and O–H groups in total. The summed E-state index contributed by atoms with van der Waals surface area (Å²) >= 11 is 3.46. The van der Waals surface area contributed by atoms with Gasteiger partial charge in [-0.05, 0) is 57.5 Å². The van der Waals surface area contributed by atoms with Gasteiger partial charge in [-0.2, -0.15) is 0 Å². The average molecular weight is 324 g/mol. The zero-order chi connectivity index (χ0) is 13.9. The van der Waals surface area contributed by atoms with Crippen LogP contribution in [-0.2, 0) is 11.2 Å². The molecular formula is C16H22BrNO. The van der Waals surface area contributed by atoms with Crippen molar-refractivity contribution in [1.29, 1.82) is 0 Å². The Kier molecular flexibility index (Phi) is 4.80. The van der Waals surface area contributed by atoms with Gasteiger partial charge in [-0.1, -0.05) is 34.5 Å². The quantitative estimate of drug-likeness (QED) is 0.839. The molecule has 1 aliphatic rings. The number of Topliss-reactive ketones (excluding diaryl/α,β-unsaturated/α-hetero) is 1. The molecule has 1 heterocycles. The van der Waals surface area contributed by atoms with Gasteiger partial charge in [0.15, 0.2) is 5.78 Å². The summed E-state index contributed by atoms with van der Waals surface area (Å²) in [5, 5.41) is 0. The third-order valence-electron chi connectivity index (χ3n) is 4.08. The van der Waals surface area contributed by atoms with Crippen molar-refractivity contribution in [3.8, 4) is 0 Å². The van der Waals surface area contributed by atoms with E-state index in [2.05, 4.69) is 34.7 Å². The van der Waals surface area contributed by atoms with Crippen LogP contribution in [0.25, 0.3) is 0 Å². The number of hydrogen-bond donors (Lipinski definition) is 0. The first kappa shape index (κ1) is 14.7. The van der Waals surface area contributed by atoms with Crippen LogP contribution in [0.2, 0.25) is 0 Å². The standard InChI is InChI=1S/C16H22BrNO/c1-16(2,18-9-4-3-5-10-18)15(19)12-13-7-6-8-14(17)11-13/h6-8,11H,3-5,9-10,12H2,1-2H3. The first-order chi connectivity index (χ1) is 9.00. The summed E-state index contributed by atoms with van der Waals surface area (Å²) in [4.78, 5) is 14.9. The first-order valence-electron chi connectivity index (χ1n) is 7.03. The van der Waals surface area contributed by atoms with E-state index >= 15 is 0 Å². The summed E-state index contributed by atoms with van der Waals surface area (Å²) in [6.07, 6.45) is 4.25. The molecule has 2 rings (SSSR count). The minimum atomic E-state index is -0.345. The highest BCUT2D eigenvalue weighted by atomic mass is 79.9. The maximum absolute atomic E-state index is 12.6. The van der Waals surface area contributed by atoms with Gasteiger partial charge in [-0.3, -0.25) is 9.69 Å². The summed E-state index contributed by atoms with van der Waals surface area (Å²) < 4.78 is 1.04. The minimum absolute atomic E-state index is 0.313. The number of halogens is 1. The van der Waals surface area contributed by atoms with Crippen LogP contribution in [0, 0.1) is 0 Å². The molecule has 0 unspecified atom stereocenters. The molecule has 2 nitrogen and oxygen atoms in total. The summed E-state index contributed by atoms with van der Waals surface area (Å²) in [6, 6.07) is 8.03. The molecule has 1 aromatic carbocycles. The summed E-state index contributed by atoms with van der Waals surface area (Å²) in [7, 11) is 0. The first-order valence-corrected chi connectivity index (χ1v) is 7.82. The Morgan fingerprint density at radius 2 is 1.95 bits per heavy atom. The van der Waals surface area contributed by atoms with E-state index in [1.807, 2.05) is 24.3 Å². The molecule has 0 atom stereocenters. The molecule has 3 heteroatoms. The zero-order valence-electron chi connectivity index (χ0n) is 11.8. The van der Waals surface area contributed by atoms with Crippen molar-refractivity contribution in [2.24, 2.45) is 0 Å². The number of nitrogens with zero attached hydrogens (tertiary/aromatic N) is 1. The number of ketones is 1. The van der Waals surface area contributed by atoms with Crippen molar-refractivity contribution in [2.75, 3.05) is 13.1 Å². The lowest BCUT2D eigenvalue weighted by Crippen LogP contribution is -2.52. The SMILES string of the molecule is CC(C)(C(=O)Cc1cccc(Br)c1)N1CCCCC1. The molecule has 104 valence electrons. The lowest BCUT2D eigenvalue weighted by atomic mass is 9.90. The number of likely N-dealkylation sites (tertiary alicyclic amines) is 1. The number of rotatable bonds is 4. The smallest absolute Gasteiger partial charge is 0.156 e. The number of carbonyl (C=O) groups is 1. The van der Waals surface area contributed by atoms with E-state index in [0.29, 0.717) is 12.2 Å². The number of carbonyl (C=O) groups excluding carboxylic acids is 1. The number of piperidine rings is 1. The summed E-state index contributed by atoms with van der Waals surface area (Å²) in [6.45, 7) is 6.24. The second-order valence-corrected chi connectivity index (χ2v) is 6.75. The van der Waals surface area contributed by atoms with Crippen molar-refractivity contribution in [2.45, 2.75) is 45.1 Å². The second kappa shape index (κ2) is 6.19. The Bertz CT molecular complexity index is 450. The van der Waals surface area contributed by atoms with E-state index in [1.54, 1.807) is 0 Å². The van der Waals surface area contributed by atoms with E-state index in [4.69, 9.17) is 0 Å². The van der Waals surface area contributed by atoms with Crippen LogP contribution >= 0.6 is 15.9 Å². The molecule has 19 heavy (non-hydrogen) atoms. The monoisotopic (exact) mass is 323 g/mol. The molecule has 0 radical (unpaired) electrons. The predicted molar refractivity (Wildman–Crippen MR) is 82.4 cm³/mol. The van der Waals surface area contributed by atoms with Gasteiger partial charge in [0.2, 0.25) is 0 Å². The van der Waals surface area contributed by atoms with Crippen molar-refractivity contribution in [1.82, 2.24) is 4.90 Å². The molecule has 0 saturated carbocycles. The second-order valence-electron chi connectivity index (χ2n) is 5.84. The topological polar surface area (TPSA) is 20.3 Å². The minimum Gasteiger partial charge on any atom is -0.297 e. The van der Waals surface area contributed by atoms with Gasteiger partial charge < -0.3 is 0 Å². The van der Waals surface area contributed by atoms with E-state index in [1.165, 1.54) is 19.3 Å². The Labute approximate surface area is 124 Å². The number of hydrogen-bond acceptors (Lipinski definition) is 2. The molecule has 1 saturated heterocycles. The maximum atomic E-state index is 12.6. The van der Waals surface area contributed by atoms with Gasteiger partial charge >= 0.3 is 0 Å². The molecule has 0 aliphatic carbocycles. The lowest BCUT2D eigenvalue weighted by Gasteiger charge is -2.39. The van der Waals surface area contributed by atoms with Gasteiger partial charge in [0.25, 0.3) is 0 Å². The molecule has 0 bridgehead atoms. The normalized spacial score (nSPS) is 17.4. The van der Waals surface area contributed by atoms with E-state index in [-0.39, 0.29) is 5.54 Å². The van der Waals surface area contributed by atoms with Gasteiger partial charge in [-0.15, -0.1) is 0 Å². The van der Waals surface area contributed by atoms with Crippen LogP contribution in [-0.4, -0.2) is 29.3 Å². The third kappa shape index (κ3) is 3.67. The molecule has 1 fully saturated rings. The van der Waals surface area contributed by atoms with Crippen molar-refractivity contribution in [3.63, 3.8) is 0 Å². The molecule has 0 aromatic heterocycles. The largest absolute Gasteiger partial charge is 0.297 e. The van der Waals surface area contributed by atoms with Crippen LogP contribution in [0.3, 0.4) is 0 Å². The van der Waals surface area contributed by atoms with E-state index in [9.17, 15) is 4.79 Å². The van der Waals surface area contributed by atoms with Crippen molar-refractivity contribution < 1.29 is 4.79 Å². The fourth-order valence-corrected chi connectivity index (χ4v) is 3.12. The highest BCUT2D eigenvalue weighted by Crippen LogP contribution is 2.23. The average Bonchev–Trinajstić information content (AvgIpc) is 2.39. The third-order valence-corrected chi connectivity index (χ3v) is 4.58. The van der Waals surface area contributed by atoms with E-state index in [0.717, 1.165) is 23.1 Å². The van der Waals surface area contributed by atoms with Crippen LogP contribution in [0.15, 0.2) is 28.7 Å². The Morgan fingerprint density at radius 3 is 2.58 bits per heavy atom. The Morgan fingerprint density at radius 1 is 1.26 bits per heavy atom. The predicted octanol–water partition coefficient (Wildman–Crippen LogP) is 3.83. The maximum Gasteiger partial charge on any atom is 0.156 e. The van der Waals surface area contributed by atoms with Gasteiger partial charge in [-0.25, -0.2) is 0 Å². The fourth-order valence-electron chi connectivity index (χ4n) is 2.68. The number of benzene rings is 1. The molecule has 1 aliphatic heterocycles. The van der Waals surface area contributed by atoms with Crippen LogP contribution in [0.1, 0.15) is 38.7 Å². The Hall–Kier alpha value is -0.670. The summed E-state index contributed by atoms with van der Waals surface area (Å²) in [5.41, 5.74) is 0.743. The molecular weight excluding hydrogens is 302 g/mol. The zero-order valence-corrected chi connectivity index (χ0v) is 13.4. The highest BCUT2D eigenvalue weighted by Gasteiger charge is 2.34.